The zero-order valence-corrected chi connectivity index (χ0v) is 22.2. The third kappa shape index (κ3) is 11.4. The summed E-state index contributed by atoms with van der Waals surface area (Å²) in [4.78, 5) is 50.6. The van der Waals surface area contributed by atoms with Crippen molar-refractivity contribution in [3.63, 3.8) is 0 Å². The van der Waals surface area contributed by atoms with Crippen LogP contribution >= 0.6 is 11.8 Å². The van der Waals surface area contributed by atoms with Crippen LogP contribution in [0.25, 0.3) is 0 Å². The van der Waals surface area contributed by atoms with Crippen molar-refractivity contribution in [1.82, 2.24) is 16.0 Å². The second-order valence-electron chi connectivity index (χ2n) is 9.05. The van der Waals surface area contributed by atoms with Crippen LogP contribution in [0.4, 0.5) is 0 Å². The van der Waals surface area contributed by atoms with Crippen molar-refractivity contribution in [2.75, 3.05) is 18.6 Å². The lowest BCUT2D eigenvalue weighted by molar-refractivity contribution is -0.142. The fourth-order valence-electron chi connectivity index (χ4n) is 3.52. The molecule has 0 bridgehead atoms. The van der Waals surface area contributed by atoms with Crippen LogP contribution in [0.2, 0.25) is 0 Å². The van der Waals surface area contributed by atoms with Gasteiger partial charge in [0.1, 0.15) is 18.1 Å². The maximum Gasteiger partial charge on any atom is 0.326 e. The summed E-state index contributed by atoms with van der Waals surface area (Å²) in [5, 5.41) is 17.5. The molecular formula is C25H41N5O5S. The third-order valence-electron chi connectivity index (χ3n) is 5.69. The molecule has 8 N–H and O–H groups in total. The van der Waals surface area contributed by atoms with Gasteiger partial charge in [-0.1, -0.05) is 50.6 Å². The average Bonchev–Trinajstić information content (AvgIpc) is 2.84. The van der Waals surface area contributed by atoms with Crippen molar-refractivity contribution in [1.29, 1.82) is 0 Å². The molecular weight excluding hydrogens is 482 g/mol. The van der Waals surface area contributed by atoms with E-state index in [1.807, 2.05) is 36.6 Å². The predicted octanol–water partition coefficient (Wildman–Crippen LogP) is 0.634. The van der Waals surface area contributed by atoms with Crippen molar-refractivity contribution in [3.05, 3.63) is 35.9 Å². The number of thioether (sulfide) groups is 1. The van der Waals surface area contributed by atoms with Gasteiger partial charge in [-0.3, -0.25) is 14.4 Å². The number of unbranched alkanes of at least 4 members (excludes halogenated alkanes) is 1. The van der Waals surface area contributed by atoms with Gasteiger partial charge in [0.05, 0.1) is 6.04 Å². The van der Waals surface area contributed by atoms with E-state index in [0.29, 0.717) is 25.1 Å². The van der Waals surface area contributed by atoms with E-state index in [1.54, 1.807) is 13.8 Å². The highest BCUT2D eigenvalue weighted by Crippen LogP contribution is 2.09. The average molecular weight is 524 g/mol. The summed E-state index contributed by atoms with van der Waals surface area (Å²) in [5.74, 6) is -2.46. The molecule has 0 heterocycles. The SMILES string of the molecule is CSCCC(NC(=O)C(Cc1ccccc1)NC(=O)C(NC(=O)C(N)CCCCN)C(C)C)C(=O)O. The number of hydrogen-bond acceptors (Lipinski definition) is 7. The van der Waals surface area contributed by atoms with E-state index < -0.39 is 47.9 Å². The summed E-state index contributed by atoms with van der Waals surface area (Å²) in [6.45, 7) is 4.06. The van der Waals surface area contributed by atoms with Gasteiger partial charge in [-0.2, -0.15) is 11.8 Å². The number of carbonyl (C=O) groups is 4. The maximum atomic E-state index is 13.2. The van der Waals surface area contributed by atoms with Crippen LogP contribution in [-0.2, 0) is 25.6 Å². The lowest BCUT2D eigenvalue weighted by Gasteiger charge is -2.27. The molecule has 202 valence electrons. The number of aliphatic carboxylic acids is 1. The lowest BCUT2D eigenvalue weighted by Crippen LogP contribution is -2.58. The molecule has 3 amide bonds. The van der Waals surface area contributed by atoms with Crippen molar-refractivity contribution < 1.29 is 24.3 Å². The predicted molar refractivity (Wildman–Crippen MR) is 142 cm³/mol. The Hall–Kier alpha value is -2.63. The van der Waals surface area contributed by atoms with Gasteiger partial charge in [-0.25, -0.2) is 4.79 Å². The number of nitrogens with two attached hydrogens (primary N) is 2. The molecule has 11 heteroatoms. The smallest absolute Gasteiger partial charge is 0.326 e. The highest BCUT2D eigenvalue weighted by molar-refractivity contribution is 7.98. The first-order chi connectivity index (χ1) is 17.1. The van der Waals surface area contributed by atoms with Crippen LogP contribution in [0.3, 0.4) is 0 Å². The van der Waals surface area contributed by atoms with Crippen molar-refractivity contribution in [2.45, 2.75) is 70.1 Å². The monoisotopic (exact) mass is 523 g/mol. The standard InChI is InChI=1S/C25H41N5O5S/c1-16(2)21(30-22(31)18(27)11-7-8-13-26)24(33)29-20(15-17-9-5-4-6-10-17)23(32)28-19(25(34)35)12-14-36-3/h4-6,9-10,16,18-21H,7-8,11-15,26-27H2,1-3H3,(H,28,32)(H,29,33)(H,30,31)(H,34,35). The summed E-state index contributed by atoms with van der Waals surface area (Å²) in [6, 6.07) is 5.29. The number of nitrogens with one attached hydrogen (secondary N) is 3. The lowest BCUT2D eigenvalue weighted by atomic mass is 10.00. The summed E-state index contributed by atoms with van der Waals surface area (Å²) in [7, 11) is 0. The molecule has 1 aromatic rings. The number of carbonyl (C=O) groups excluding carboxylic acids is 3. The molecule has 1 rings (SSSR count). The number of amides is 3. The van der Waals surface area contributed by atoms with Crippen LogP contribution < -0.4 is 27.4 Å². The topological polar surface area (TPSA) is 177 Å². The quantitative estimate of drug-likeness (QED) is 0.161. The molecule has 0 aliphatic carbocycles. The number of rotatable bonds is 17. The molecule has 0 saturated carbocycles. The first kappa shape index (κ1) is 31.4. The Morgan fingerprint density at radius 2 is 1.56 bits per heavy atom. The van der Waals surface area contributed by atoms with Gasteiger partial charge in [-0.15, -0.1) is 0 Å². The fourth-order valence-corrected chi connectivity index (χ4v) is 3.99. The van der Waals surface area contributed by atoms with Gasteiger partial charge in [0, 0.05) is 6.42 Å². The minimum absolute atomic E-state index is 0.157. The summed E-state index contributed by atoms with van der Waals surface area (Å²) < 4.78 is 0. The molecule has 0 radical (unpaired) electrons. The van der Waals surface area contributed by atoms with E-state index in [4.69, 9.17) is 11.5 Å². The van der Waals surface area contributed by atoms with Crippen LogP contribution in [0, 0.1) is 5.92 Å². The first-order valence-corrected chi connectivity index (χ1v) is 13.6. The Bertz CT molecular complexity index is 839. The summed E-state index contributed by atoms with van der Waals surface area (Å²) in [6.07, 6.45) is 4.15. The first-order valence-electron chi connectivity index (χ1n) is 12.2. The molecule has 10 nitrogen and oxygen atoms in total. The van der Waals surface area contributed by atoms with E-state index in [-0.39, 0.29) is 18.8 Å². The van der Waals surface area contributed by atoms with Crippen molar-refractivity contribution in [3.8, 4) is 0 Å². The van der Waals surface area contributed by atoms with E-state index in [1.165, 1.54) is 11.8 Å². The summed E-state index contributed by atoms with van der Waals surface area (Å²) >= 11 is 1.48. The fraction of sp³-hybridized carbons (Fsp3) is 0.600. The zero-order chi connectivity index (χ0) is 27.1. The van der Waals surface area contributed by atoms with Crippen molar-refractivity contribution >= 4 is 35.5 Å². The number of carboxylic acids is 1. The van der Waals surface area contributed by atoms with Gasteiger partial charge in [0.2, 0.25) is 17.7 Å². The maximum absolute atomic E-state index is 13.2. The third-order valence-corrected chi connectivity index (χ3v) is 6.34. The van der Waals surface area contributed by atoms with Gasteiger partial charge in [0.25, 0.3) is 0 Å². The Kier molecular flexibility index (Phi) is 14.8. The molecule has 0 spiro atoms. The molecule has 4 atom stereocenters. The highest BCUT2D eigenvalue weighted by Gasteiger charge is 2.31. The zero-order valence-electron chi connectivity index (χ0n) is 21.4. The minimum atomic E-state index is -1.14. The Balaban J connectivity index is 3.01. The van der Waals surface area contributed by atoms with Crippen molar-refractivity contribution in [2.24, 2.45) is 17.4 Å². The Labute approximate surface area is 217 Å². The molecule has 0 aliphatic heterocycles. The van der Waals surface area contributed by atoms with E-state index in [2.05, 4.69) is 16.0 Å². The molecule has 0 saturated heterocycles. The van der Waals surface area contributed by atoms with Crippen LogP contribution in [0.5, 0.6) is 0 Å². The van der Waals surface area contributed by atoms with E-state index in [9.17, 15) is 24.3 Å². The molecule has 1 aromatic carbocycles. The highest BCUT2D eigenvalue weighted by atomic mass is 32.2. The molecule has 0 aromatic heterocycles. The normalized spacial score (nSPS) is 14.4. The Morgan fingerprint density at radius 3 is 2.11 bits per heavy atom. The van der Waals surface area contributed by atoms with E-state index in [0.717, 1.165) is 12.0 Å². The van der Waals surface area contributed by atoms with Gasteiger partial charge < -0.3 is 32.5 Å². The van der Waals surface area contributed by atoms with Crippen LogP contribution in [-0.4, -0.2) is 71.5 Å². The molecule has 0 aliphatic rings. The van der Waals surface area contributed by atoms with Crippen LogP contribution in [0.15, 0.2) is 30.3 Å². The van der Waals surface area contributed by atoms with Crippen LogP contribution in [0.1, 0.15) is 45.1 Å². The summed E-state index contributed by atoms with van der Waals surface area (Å²) in [5.41, 5.74) is 12.3. The minimum Gasteiger partial charge on any atom is -0.480 e. The second-order valence-corrected chi connectivity index (χ2v) is 10.0. The molecule has 0 fully saturated rings. The second kappa shape index (κ2) is 16.9. The van der Waals surface area contributed by atoms with Gasteiger partial charge >= 0.3 is 5.97 Å². The number of benzene rings is 1. The Morgan fingerprint density at radius 1 is 0.917 bits per heavy atom. The van der Waals surface area contributed by atoms with Gasteiger partial charge in [0.15, 0.2) is 0 Å². The number of carboxylic acid groups (broad SMARTS) is 1. The molecule has 36 heavy (non-hydrogen) atoms. The molecule has 4 unspecified atom stereocenters. The van der Waals surface area contributed by atoms with Gasteiger partial charge in [-0.05, 0) is 49.3 Å². The number of hydrogen-bond donors (Lipinski definition) is 6. The largest absolute Gasteiger partial charge is 0.480 e. The van der Waals surface area contributed by atoms with E-state index >= 15 is 0 Å².